The standard InChI is InChI=1S/C41H65N3O9/c1-15-26(9)31-39(48)51-30(22-29-20-18-25(8)19-21-29)36(45)42(12)32(27(10)16-2)40(49)52-35(24(6)7)38(47)44(14)33(28(11)17-3)41(50)53-34(23(4)5)37(46)43(31)13/h18-21,23-24,26-28,30-35H,15-17,22H2,1-14H3/t26-,27-,28-,30+,31-,32-,33-,34+,35+/m0/s1. The highest BCUT2D eigenvalue weighted by molar-refractivity contribution is 5.94. The van der Waals surface area contributed by atoms with E-state index >= 15 is 0 Å². The van der Waals surface area contributed by atoms with Gasteiger partial charge in [-0.15, -0.1) is 0 Å². The third-order valence-corrected chi connectivity index (χ3v) is 10.8. The summed E-state index contributed by atoms with van der Waals surface area (Å²) in [5, 5.41) is 0. The summed E-state index contributed by atoms with van der Waals surface area (Å²) in [7, 11) is 4.40. The third kappa shape index (κ3) is 11.0. The van der Waals surface area contributed by atoms with E-state index in [4.69, 9.17) is 14.2 Å². The van der Waals surface area contributed by atoms with Gasteiger partial charge in [0.15, 0.2) is 18.3 Å². The van der Waals surface area contributed by atoms with Gasteiger partial charge in [0, 0.05) is 27.6 Å². The number of ether oxygens (including phenoxy) is 3. The minimum Gasteiger partial charge on any atom is -0.450 e. The second kappa shape index (κ2) is 19.9. The average molecular weight is 744 g/mol. The van der Waals surface area contributed by atoms with Crippen molar-refractivity contribution in [3.05, 3.63) is 35.4 Å². The van der Waals surface area contributed by atoms with Crippen molar-refractivity contribution in [2.45, 2.75) is 138 Å². The molecule has 0 unspecified atom stereocenters. The summed E-state index contributed by atoms with van der Waals surface area (Å²) in [6.07, 6.45) is -2.49. The lowest BCUT2D eigenvalue weighted by atomic mass is 9.94. The lowest BCUT2D eigenvalue weighted by Crippen LogP contribution is -2.58. The molecule has 0 aromatic heterocycles. The molecule has 0 saturated carbocycles. The van der Waals surface area contributed by atoms with Gasteiger partial charge in [0.1, 0.15) is 18.1 Å². The van der Waals surface area contributed by atoms with E-state index in [9.17, 15) is 28.8 Å². The first-order valence-electron chi connectivity index (χ1n) is 19.2. The van der Waals surface area contributed by atoms with Crippen molar-refractivity contribution in [2.75, 3.05) is 21.1 Å². The lowest BCUT2D eigenvalue weighted by Gasteiger charge is -2.39. The van der Waals surface area contributed by atoms with Crippen molar-refractivity contribution >= 4 is 35.6 Å². The monoisotopic (exact) mass is 743 g/mol. The van der Waals surface area contributed by atoms with Crippen LogP contribution in [0.15, 0.2) is 24.3 Å². The fourth-order valence-corrected chi connectivity index (χ4v) is 6.69. The van der Waals surface area contributed by atoms with Crippen molar-refractivity contribution in [1.82, 2.24) is 14.7 Å². The molecule has 12 nitrogen and oxygen atoms in total. The molecule has 53 heavy (non-hydrogen) atoms. The molecule has 2 rings (SSSR count). The molecule has 0 aliphatic carbocycles. The van der Waals surface area contributed by atoms with Gasteiger partial charge < -0.3 is 28.9 Å². The predicted octanol–water partition coefficient (Wildman–Crippen LogP) is 5.22. The van der Waals surface area contributed by atoms with Crippen LogP contribution >= 0.6 is 0 Å². The molecule has 0 bridgehead atoms. The Bertz CT molecular complexity index is 1410. The molecule has 1 fully saturated rings. The Balaban J connectivity index is 2.88. The molecule has 0 N–H and O–H groups in total. The largest absolute Gasteiger partial charge is 0.450 e. The summed E-state index contributed by atoms with van der Waals surface area (Å²) in [5.74, 6) is -6.44. The SMILES string of the molecule is CC[C@H](C)[C@H]1C(=O)O[C@H](C(C)C)C(=O)N(C)[C@@H]([C@@H](C)CC)C(=O)O[C@H](C(C)C)C(=O)N(C)[C@@H]([C@@H](C)CC)C(=O)O[C@H](Cc2ccc(C)cc2)C(=O)N1C. The fraction of sp³-hybridized carbons (Fsp3) is 0.707. The molecule has 1 aliphatic heterocycles. The summed E-state index contributed by atoms with van der Waals surface area (Å²) in [4.78, 5) is 89.3. The average Bonchev–Trinajstić information content (AvgIpc) is 3.11. The molecular formula is C41H65N3O9. The number of amides is 3. The lowest BCUT2D eigenvalue weighted by molar-refractivity contribution is -0.181. The van der Waals surface area contributed by atoms with Crippen LogP contribution in [-0.4, -0.2) is 108 Å². The van der Waals surface area contributed by atoms with E-state index in [1.807, 2.05) is 52.0 Å². The first kappa shape index (κ1) is 45.2. The quantitative estimate of drug-likeness (QED) is 0.233. The Hall–Kier alpha value is -3.96. The summed E-state index contributed by atoms with van der Waals surface area (Å²) in [6.45, 7) is 19.9. The minimum absolute atomic E-state index is 0.00346. The highest BCUT2D eigenvalue weighted by Crippen LogP contribution is 2.27. The maximum Gasteiger partial charge on any atom is 0.329 e. The van der Waals surface area contributed by atoms with E-state index in [2.05, 4.69) is 0 Å². The molecule has 12 heteroatoms. The molecular weight excluding hydrogens is 678 g/mol. The zero-order valence-electron chi connectivity index (χ0n) is 34.5. The van der Waals surface area contributed by atoms with E-state index in [0.29, 0.717) is 19.3 Å². The first-order valence-corrected chi connectivity index (χ1v) is 19.2. The van der Waals surface area contributed by atoms with Crippen LogP contribution in [0, 0.1) is 36.5 Å². The van der Waals surface area contributed by atoms with Gasteiger partial charge in [-0.2, -0.15) is 0 Å². The molecule has 1 aromatic carbocycles. The van der Waals surface area contributed by atoms with Gasteiger partial charge in [0.2, 0.25) is 0 Å². The topological polar surface area (TPSA) is 140 Å². The maximum absolute atomic E-state index is 14.5. The Morgan fingerprint density at radius 3 is 1.17 bits per heavy atom. The Kier molecular flexibility index (Phi) is 17.0. The van der Waals surface area contributed by atoms with Crippen molar-refractivity contribution in [2.24, 2.45) is 29.6 Å². The molecule has 0 spiro atoms. The maximum atomic E-state index is 14.5. The van der Waals surface area contributed by atoms with Gasteiger partial charge in [-0.25, -0.2) is 14.4 Å². The number of hydrogen-bond donors (Lipinski definition) is 0. The van der Waals surface area contributed by atoms with E-state index in [1.165, 1.54) is 35.8 Å². The highest BCUT2D eigenvalue weighted by Gasteiger charge is 2.45. The van der Waals surface area contributed by atoms with Gasteiger partial charge in [-0.05, 0) is 42.1 Å². The molecule has 1 heterocycles. The Morgan fingerprint density at radius 1 is 0.528 bits per heavy atom. The minimum atomic E-state index is -1.37. The first-order chi connectivity index (χ1) is 24.7. The molecule has 9 atom stereocenters. The van der Waals surface area contributed by atoms with Gasteiger partial charge in [0.25, 0.3) is 17.7 Å². The zero-order valence-corrected chi connectivity index (χ0v) is 34.5. The van der Waals surface area contributed by atoms with Crippen LogP contribution in [0.3, 0.4) is 0 Å². The van der Waals surface area contributed by atoms with Crippen LogP contribution in [0.5, 0.6) is 0 Å². The summed E-state index contributed by atoms with van der Waals surface area (Å²) < 4.78 is 18.0. The van der Waals surface area contributed by atoms with Crippen LogP contribution < -0.4 is 0 Å². The van der Waals surface area contributed by atoms with E-state index < -0.39 is 102 Å². The number of cyclic esters (lactones) is 3. The predicted molar refractivity (Wildman–Crippen MR) is 202 cm³/mol. The smallest absolute Gasteiger partial charge is 0.329 e. The second-order valence-corrected chi connectivity index (χ2v) is 15.7. The molecule has 3 amide bonds. The number of likely N-dealkylation sites (N-methyl/N-ethyl adjacent to an activating group) is 3. The van der Waals surface area contributed by atoms with Gasteiger partial charge in [-0.1, -0.05) is 118 Å². The number of rotatable bonds is 10. The molecule has 0 radical (unpaired) electrons. The fourth-order valence-electron chi connectivity index (χ4n) is 6.69. The Labute approximate surface area is 317 Å². The summed E-state index contributed by atoms with van der Waals surface area (Å²) in [5.41, 5.74) is 1.73. The summed E-state index contributed by atoms with van der Waals surface area (Å²) >= 11 is 0. The van der Waals surface area contributed by atoms with E-state index in [0.717, 1.165) is 11.1 Å². The van der Waals surface area contributed by atoms with Gasteiger partial charge in [0.05, 0.1) is 0 Å². The number of esters is 3. The molecule has 1 aromatic rings. The normalized spacial score (nSPS) is 26.5. The van der Waals surface area contributed by atoms with Crippen LogP contribution in [0.4, 0.5) is 0 Å². The van der Waals surface area contributed by atoms with Crippen LogP contribution in [0.25, 0.3) is 0 Å². The van der Waals surface area contributed by atoms with Crippen molar-refractivity contribution < 1.29 is 43.0 Å². The highest BCUT2D eigenvalue weighted by atomic mass is 16.6. The number of benzene rings is 1. The van der Waals surface area contributed by atoms with Gasteiger partial charge >= 0.3 is 17.9 Å². The van der Waals surface area contributed by atoms with Crippen LogP contribution in [0.1, 0.15) is 99.6 Å². The number of carbonyl (C=O) groups is 6. The van der Waals surface area contributed by atoms with Crippen molar-refractivity contribution in [3.63, 3.8) is 0 Å². The number of hydrogen-bond acceptors (Lipinski definition) is 9. The third-order valence-electron chi connectivity index (χ3n) is 10.8. The Morgan fingerprint density at radius 2 is 0.849 bits per heavy atom. The molecule has 1 aliphatic rings. The summed E-state index contributed by atoms with van der Waals surface area (Å²) in [6, 6.07) is 4.07. The number of carbonyl (C=O) groups excluding carboxylic acids is 6. The van der Waals surface area contributed by atoms with Crippen LogP contribution in [-0.2, 0) is 49.4 Å². The van der Waals surface area contributed by atoms with Crippen molar-refractivity contribution in [1.29, 1.82) is 0 Å². The zero-order chi connectivity index (χ0) is 40.5. The van der Waals surface area contributed by atoms with E-state index in [-0.39, 0.29) is 6.42 Å². The second-order valence-electron chi connectivity index (χ2n) is 15.7. The number of aryl methyl sites for hydroxylation is 1. The van der Waals surface area contributed by atoms with Gasteiger partial charge in [-0.3, -0.25) is 14.4 Å². The molecule has 1 saturated heterocycles. The number of nitrogens with zero attached hydrogens (tertiary/aromatic N) is 3. The van der Waals surface area contributed by atoms with E-state index in [1.54, 1.807) is 48.5 Å². The van der Waals surface area contributed by atoms with Crippen molar-refractivity contribution in [3.8, 4) is 0 Å². The molecule has 298 valence electrons. The van der Waals surface area contributed by atoms with Crippen LogP contribution in [0.2, 0.25) is 0 Å².